The summed E-state index contributed by atoms with van der Waals surface area (Å²) in [4.78, 5) is 27.2. The van der Waals surface area contributed by atoms with Gasteiger partial charge in [-0.1, -0.05) is 25.5 Å². The SMILES string of the molecule is CCC1CCCN(CC(=O)Nc2ccccc2C(=O)NCc2ccco2)C1. The molecule has 2 aromatic rings. The van der Waals surface area contributed by atoms with Crippen molar-refractivity contribution >= 4 is 17.5 Å². The highest BCUT2D eigenvalue weighted by atomic mass is 16.3. The third kappa shape index (κ3) is 5.44. The smallest absolute Gasteiger partial charge is 0.253 e. The lowest BCUT2D eigenvalue weighted by Crippen LogP contribution is -2.40. The zero-order chi connectivity index (χ0) is 19.1. The maximum atomic E-state index is 12.5. The Bertz CT molecular complexity index is 758. The number of amides is 2. The Morgan fingerprint density at radius 3 is 2.85 bits per heavy atom. The van der Waals surface area contributed by atoms with E-state index in [1.165, 1.54) is 6.42 Å². The van der Waals surface area contributed by atoms with Crippen LogP contribution in [0.15, 0.2) is 47.1 Å². The van der Waals surface area contributed by atoms with Crippen molar-refractivity contribution in [2.45, 2.75) is 32.7 Å². The number of carbonyl (C=O) groups is 2. The van der Waals surface area contributed by atoms with E-state index in [0.717, 1.165) is 25.9 Å². The van der Waals surface area contributed by atoms with E-state index in [1.54, 1.807) is 36.6 Å². The summed E-state index contributed by atoms with van der Waals surface area (Å²) >= 11 is 0. The molecular formula is C21H27N3O3. The lowest BCUT2D eigenvalue weighted by atomic mass is 9.96. The molecule has 1 atom stereocenters. The van der Waals surface area contributed by atoms with Crippen molar-refractivity contribution in [3.63, 3.8) is 0 Å². The van der Waals surface area contributed by atoms with Gasteiger partial charge in [0.25, 0.3) is 5.91 Å². The standard InChI is InChI=1S/C21H27N3O3/c1-2-16-7-5-11-24(14-16)15-20(25)23-19-10-4-3-9-18(19)21(26)22-13-17-8-6-12-27-17/h3-4,6,8-10,12,16H,2,5,7,11,13-15H2,1H3,(H,22,26)(H,23,25). The van der Waals surface area contributed by atoms with Gasteiger partial charge >= 0.3 is 0 Å². The molecule has 1 saturated heterocycles. The van der Waals surface area contributed by atoms with Gasteiger partial charge in [0.05, 0.1) is 30.6 Å². The molecule has 0 saturated carbocycles. The van der Waals surface area contributed by atoms with Gasteiger partial charge in [0, 0.05) is 6.54 Å². The molecule has 27 heavy (non-hydrogen) atoms. The van der Waals surface area contributed by atoms with Crippen LogP contribution in [0.2, 0.25) is 0 Å². The number of benzene rings is 1. The van der Waals surface area contributed by atoms with E-state index < -0.39 is 0 Å². The molecule has 6 nitrogen and oxygen atoms in total. The summed E-state index contributed by atoms with van der Waals surface area (Å²) < 4.78 is 5.23. The highest BCUT2D eigenvalue weighted by Crippen LogP contribution is 2.19. The van der Waals surface area contributed by atoms with Gasteiger partial charge in [-0.15, -0.1) is 0 Å². The first-order chi connectivity index (χ1) is 13.2. The Morgan fingerprint density at radius 2 is 2.07 bits per heavy atom. The van der Waals surface area contributed by atoms with Crippen LogP contribution >= 0.6 is 0 Å². The van der Waals surface area contributed by atoms with E-state index in [9.17, 15) is 9.59 Å². The number of carbonyl (C=O) groups excluding carboxylic acids is 2. The van der Waals surface area contributed by atoms with Crippen molar-refractivity contribution in [1.82, 2.24) is 10.2 Å². The summed E-state index contributed by atoms with van der Waals surface area (Å²) in [6, 6.07) is 10.6. The molecule has 2 N–H and O–H groups in total. The molecular weight excluding hydrogens is 342 g/mol. The Hall–Kier alpha value is -2.60. The zero-order valence-electron chi connectivity index (χ0n) is 15.7. The van der Waals surface area contributed by atoms with Crippen LogP contribution in [0.3, 0.4) is 0 Å². The summed E-state index contributed by atoms with van der Waals surface area (Å²) in [7, 11) is 0. The van der Waals surface area contributed by atoms with Gasteiger partial charge in [0.15, 0.2) is 0 Å². The van der Waals surface area contributed by atoms with Gasteiger partial charge in [-0.2, -0.15) is 0 Å². The van der Waals surface area contributed by atoms with Crippen LogP contribution in [0, 0.1) is 5.92 Å². The van der Waals surface area contributed by atoms with Crippen molar-refractivity contribution in [3.8, 4) is 0 Å². The second-order valence-electron chi connectivity index (χ2n) is 7.01. The van der Waals surface area contributed by atoms with E-state index in [1.807, 2.05) is 6.07 Å². The Balaban J connectivity index is 1.58. The minimum atomic E-state index is -0.244. The second-order valence-corrected chi connectivity index (χ2v) is 7.01. The van der Waals surface area contributed by atoms with Crippen LogP contribution in [0.5, 0.6) is 0 Å². The molecule has 0 spiro atoms. The average Bonchev–Trinajstić information content (AvgIpc) is 3.20. The summed E-state index contributed by atoms with van der Waals surface area (Å²) in [6.07, 6.45) is 5.10. The van der Waals surface area contributed by atoms with Crippen molar-refractivity contribution in [2.24, 2.45) is 5.92 Å². The molecule has 3 rings (SSSR count). The maximum absolute atomic E-state index is 12.5. The molecule has 0 bridgehead atoms. The van der Waals surface area contributed by atoms with Gasteiger partial charge in [-0.05, 0) is 49.6 Å². The van der Waals surface area contributed by atoms with Gasteiger partial charge in [0.2, 0.25) is 5.91 Å². The highest BCUT2D eigenvalue weighted by Gasteiger charge is 2.21. The van der Waals surface area contributed by atoms with Gasteiger partial charge in [-0.3, -0.25) is 14.5 Å². The Morgan fingerprint density at radius 1 is 1.22 bits per heavy atom. The van der Waals surface area contributed by atoms with Crippen LogP contribution in [0.25, 0.3) is 0 Å². The quantitative estimate of drug-likeness (QED) is 0.785. The van der Waals surface area contributed by atoms with E-state index in [-0.39, 0.29) is 11.8 Å². The maximum Gasteiger partial charge on any atom is 0.253 e. The first-order valence-corrected chi connectivity index (χ1v) is 9.57. The van der Waals surface area contributed by atoms with Gasteiger partial charge < -0.3 is 15.1 Å². The van der Waals surface area contributed by atoms with E-state index in [4.69, 9.17) is 4.42 Å². The minimum Gasteiger partial charge on any atom is -0.467 e. The number of hydrogen-bond acceptors (Lipinski definition) is 4. The fourth-order valence-corrected chi connectivity index (χ4v) is 3.49. The van der Waals surface area contributed by atoms with Crippen LogP contribution in [0.1, 0.15) is 42.3 Å². The molecule has 1 aliphatic rings. The molecule has 2 amide bonds. The number of nitrogens with zero attached hydrogens (tertiary/aromatic N) is 1. The number of para-hydroxylation sites is 1. The molecule has 1 unspecified atom stereocenters. The fraction of sp³-hybridized carbons (Fsp3) is 0.429. The third-order valence-electron chi connectivity index (χ3n) is 5.00. The van der Waals surface area contributed by atoms with Gasteiger partial charge in [0.1, 0.15) is 5.76 Å². The number of rotatable bonds is 7. The number of hydrogen-bond donors (Lipinski definition) is 2. The topological polar surface area (TPSA) is 74.6 Å². The Labute approximate surface area is 159 Å². The molecule has 144 valence electrons. The molecule has 1 aromatic heterocycles. The van der Waals surface area contributed by atoms with Crippen LogP contribution in [-0.4, -0.2) is 36.3 Å². The van der Waals surface area contributed by atoms with E-state index in [0.29, 0.717) is 36.0 Å². The van der Waals surface area contributed by atoms with E-state index >= 15 is 0 Å². The molecule has 1 fully saturated rings. The van der Waals surface area contributed by atoms with Crippen LogP contribution in [0.4, 0.5) is 5.69 Å². The van der Waals surface area contributed by atoms with Crippen molar-refractivity contribution in [1.29, 1.82) is 0 Å². The Kier molecular flexibility index (Phi) is 6.65. The van der Waals surface area contributed by atoms with Gasteiger partial charge in [-0.25, -0.2) is 0 Å². The minimum absolute atomic E-state index is 0.0852. The highest BCUT2D eigenvalue weighted by molar-refractivity contribution is 6.04. The second kappa shape index (κ2) is 9.37. The fourth-order valence-electron chi connectivity index (χ4n) is 3.49. The largest absolute Gasteiger partial charge is 0.467 e. The summed E-state index contributed by atoms with van der Waals surface area (Å²) in [5.74, 6) is 1.02. The lowest BCUT2D eigenvalue weighted by molar-refractivity contribution is -0.117. The first-order valence-electron chi connectivity index (χ1n) is 9.57. The third-order valence-corrected chi connectivity index (χ3v) is 5.00. The number of furan rings is 1. The molecule has 1 aliphatic heterocycles. The molecule has 2 heterocycles. The van der Waals surface area contributed by atoms with Crippen LogP contribution < -0.4 is 10.6 Å². The lowest BCUT2D eigenvalue weighted by Gasteiger charge is -2.31. The van der Waals surface area contributed by atoms with Crippen molar-refractivity contribution < 1.29 is 14.0 Å². The van der Waals surface area contributed by atoms with Crippen molar-refractivity contribution in [2.75, 3.05) is 25.0 Å². The number of piperidine rings is 1. The molecule has 0 radical (unpaired) electrons. The van der Waals surface area contributed by atoms with E-state index in [2.05, 4.69) is 22.5 Å². The normalized spacial score (nSPS) is 17.4. The zero-order valence-corrected chi connectivity index (χ0v) is 15.7. The molecule has 0 aliphatic carbocycles. The summed E-state index contributed by atoms with van der Waals surface area (Å²) in [5, 5.41) is 5.72. The summed E-state index contributed by atoms with van der Waals surface area (Å²) in [5.41, 5.74) is 0.978. The molecule has 1 aromatic carbocycles. The average molecular weight is 369 g/mol. The number of anilines is 1. The molecule has 6 heteroatoms. The number of nitrogens with one attached hydrogen (secondary N) is 2. The van der Waals surface area contributed by atoms with Crippen LogP contribution in [-0.2, 0) is 11.3 Å². The van der Waals surface area contributed by atoms with Crippen molar-refractivity contribution in [3.05, 3.63) is 54.0 Å². The predicted molar refractivity (Wildman–Crippen MR) is 104 cm³/mol. The summed E-state index contributed by atoms with van der Waals surface area (Å²) in [6.45, 7) is 4.79. The predicted octanol–water partition coefficient (Wildman–Crippen LogP) is 3.27. The first kappa shape index (κ1) is 19.2. The monoisotopic (exact) mass is 369 g/mol. The number of likely N-dealkylation sites (tertiary alicyclic amines) is 1.